The third-order valence-corrected chi connectivity index (χ3v) is 2.58. The Balaban J connectivity index is 2.99. The van der Waals surface area contributed by atoms with Gasteiger partial charge >= 0.3 is 17.6 Å². The molecule has 0 spiro atoms. The molecule has 0 bridgehead atoms. The standard InChI is InChI=1S/C12H12ClNO6/c1-19-12(16)8-4-5-10(9(7-8)14(17)18)20-11(15)3-2-6-13/h4-5,7H,2-3,6H2,1H3. The van der Waals surface area contributed by atoms with E-state index in [9.17, 15) is 19.7 Å². The average molecular weight is 302 g/mol. The molecule has 0 aliphatic heterocycles. The predicted molar refractivity (Wildman–Crippen MR) is 70.0 cm³/mol. The molecule has 0 heterocycles. The van der Waals surface area contributed by atoms with Crippen LogP contribution in [0.15, 0.2) is 18.2 Å². The van der Waals surface area contributed by atoms with Gasteiger partial charge in [0.05, 0.1) is 17.6 Å². The molecule has 0 aromatic heterocycles. The SMILES string of the molecule is COC(=O)c1ccc(OC(=O)CCCCl)c([N+](=O)[O-])c1. The summed E-state index contributed by atoms with van der Waals surface area (Å²) in [4.78, 5) is 32.9. The molecule has 0 unspecified atom stereocenters. The molecule has 0 fully saturated rings. The molecule has 0 amide bonds. The quantitative estimate of drug-likeness (QED) is 0.263. The van der Waals surface area contributed by atoms with Gasteiger partial charge in [-0.2, -0.15) is 0 Å². The van der Waals surface area contributed by atoms with Gasteiger partial charge < -0.3 is 9.47 Å². The average Bonchev–Trinajstić information content (AvgIpc) is 2.44. The highest BCUT2D eigenvalue weighted by molar-refractivity contribution is 6.17. The number of methoxy groups -OCH3 is 1. The Labute approximate surface area is 119 Å². The van der Waals surface area contributed by atoms with Gasteiger partial charge in [0.25, 0.3) is 0 Å². The molecule has 1 aromatic carbocycles. The fraction of sp³-hybridized carbons (Fsp3) is 0.333. The molecule has 0 radical (unpaired) electrons. The minimum atomic E-state index is -0.739. The highest BCUT2D eigenvalue weighted by Gasteiger charge is 2.21. The van der Waals surface area contributed by atoms with Crippen LogP contribution in [0.2, 0.25) is 0 Å². The van der Waals surface area contributed by atoms with Crippen molar-refractivity contribution in [3.63, 3.8) is 0 Å². The number of halogens is 1. The van der Waals surface area contributed by atoms with E-state index in [1.54, 1.807) is 0 Å². The molecule has 20 heavy (non-hydrogen) atoms. The number of rotatable bonds is 6. The third kappa shape index (κ3) is 4.20. The van der Waals surface area contributed by atoms with Crippen molar-refractivity contribution in [2.24, 2.45) is 0 Å². The molecule has 0 atom stereocenters. The Kier molecular flexibility index (Phi) is 5.92. The molecule has 0 aliphatic rings. The number of hydrogen-bond acceptors (Lipinski definition) is 6. The lowest BCUT2D eigenvalue weighted by molar-refractivity contribution is -0.385. The number of esters is 2. The lowest BCUT2D eigenvalue weighted by Gasteiger charge is -2.06. The van der Waals surface area contributed by atoms with E-state index in [0.717, 1.165) is 13.2 Å². The zero-order valence-corrected chi connectivity index (χ0v) is 11.4. The molecule has 8 heteroatoms. The fourth-order valence-electron chi connectivity index (χ4n) is 1.38. The van der Waals surface area contributed by atoms with Gasteiger partial charge in [-0.05, 0) is 18.6 Å². The Morgan fingerprint density at radius 1 is 1.40 bits per heavy atom. The summed E-state index contributed by atoms with van der Waals surface area (Å²) < 4.78 is 9.35. The molecule has 1 rings (SSSR count). The van der Waals surface area contributed by atoms with Crippen LogP contribution in [0.4, 0.5) is 5.69 Å². The smallest absolute Gasteiger partial charge is 0.338 e. The number of nitrogens with zero attached hydrogens (tertiary/aromatic N) is 1. The van der Waals surface area contributed by atoms with Crippen molar-refractivity contribution in [1.82, 2.24) is 0 Å². The second-order valence-electron chi connectivity index (χ2n) is 3.70. The van der Waals surface area contributed by atoms with E-state index in [1.807, 2.05) is 0 Å². The Morgan fingerprint density at radius 3 is 2.65 bits per heavy atom. The molecule has 0 aliphatic carbocycles. The van der Waals surface area contributed by atoms with Crippen LogP contribution < -0.4 is 4.74 Å². The monoisotopic (exact) mass is 301 g/mol. The van der Waals surface area contributed by atoms with Gasteiger partial charge in [-0.3, -0.25) is 14.9 Å². The van der Waals surface area contributed by atoms with Gasteiger partial charge in [-0.15, -0.1) is 11.6 Å². The van der Waals surface area contributed by atoms with Crippen LogP contribution in [0.5, 0.6) is 5.75 Å². The first-order valence-electron chi connectivity index (χ1n) is 5.63. The first-order chi connectivity index (χ1) is 9.49. The number of hydrogen-bond donors (Lipinski definition) is 0. The summed E-state index contributed by atoms with van der Waals surface area (Å²) in [5.41, 5.74) is -0.480. The summed E-state index contributed by atoms with van der Waals surface area (Å²) in [7, 11) is 1.16. The molecule has 1 aromatic rings. The van der Waals surface area contributed by atoms with Crippen LogP contribution in [-0.4, -0.2) is 29.9 Å². The van der Waals surface area contributed by atoms with Crippen LogP contribution in [0.25, 0.3) is 0 Å². The van der Waals surface area contributed by atoms with Crippen LogP contribution in [0.3, 0.4) is 0 Å². The molecule has 0 saturated carbocycles. The van der Waals surface area contributed by atoms with E-state index in [1.165, 1.54) is 12.1 Å². The van der Waals surface area contributed by atoms with Crippen molar-refractivity contribution >= 4 is 29.2 Å². The Bertz CT molecular complexity index is 531. The number of nitro benzene ring substituents is 1. The van der Waals surface area contributed by atoms with Crippen LogP contribution in [-0.2, 0) is 9.53 Å². The highest BCUT2D eigenvalue weighted by Crippen LogP contribution is 2.28. The van der Waals surface area contributed by atoms with E-state index in [0.29, 0.717) is 12.3 Å². The molecule has 0 saturated heterocycles. The van der Waals surface area contributed by atoms with E-state index in [4.69, 9.17) is 16.3 Å². The summed E-state index contributed by atoms with van der Waals surface area (Å²) >= 11 is 5.43. The summed E-state index contributed by atoms with van der Waals surface area (Å²) in [6, 6.07) is 3.46. The number of alkyl halides is 1. The summed E-state index contributed by atoms with van der Waals surface area (Å²) in [5.74, 6) is -1.27. The number of ether oxygens (including phenoxy) is 2. The fourth-order valence-corrected chi connectivity index (χ4v) is 1.51. The van der Waals surface area contributed by atoms with Crippen molar-refractivity contribution in [3.8, 4) is 5.75 Å². The van der Waals surface area contributed by atoms with E-state index in [-0.39, 0.29) is 17.7 Å². The van der Waals surface area contributed by atoms with Crippen molar-refractivity contribution in [1.29, 1.82) is 0 Å². The van der Waals surface area contributed by atoms with Gasteiger partial charge in [0.15, 0.2) is 0 Å². The van der Waals surface area contributed by atoms with Crippen molar-refractivity contribution in [2.75, 3.05) is 13.0 Å². The van der Waals surface area contributed by atoms with Gasteiger partial charge in [0, 0.05) is 18.4 Å². The summed E-state index contributed by atoms with van der Waals surface area (Å²) in [6.45, 7) is 0. The van der Waals surface area contributed by atoms with Crippen LogP contribution in [0, 0.1) is 10.1 Å². The van der Waals surface area contributed by atoms with E-state index < -0.39 is 22.5 Å². The Hall–Kier alpha value is -2.15. The highest BCUT2D eigenvalue weighted by atomic mass is 35.5. The van der Waals surface area contributed by atoms with Crippen molar-refractivity contribution in [3.05, 3.63) is 33.9 Å². The van der Waals surface area contributed by atoms with E-state index in [2.05, 4.69) is 4.74 Å². The van der Waals surface area contributed by atoms with Gasteiger partial charge in [0.1, 0.15) is 0 Å². The molecule has 108 valence electrons. The lowest BCUT2D eigenvalue weighted by Crippen LogP contribution is -2.10. The zero-order valence-electron chi connectivity index (χ0n) is 10.6. The second-order valence-corrected chi connectivity index (χ2v) is 4.08. The zero-order chi connectivity index (χ0) is 15.1. The predicted octanol–water partition coefficient (Wildman–Crippen LogP) is 2.31. The maximum absolute atomic E-state index is 11.4. The van der Waals surface area contributed by atoms with Gasteiger partial charge in [-0.25, -0.2) is 4.79 Å². The van der Waals surface area contributed by atoms with Gasteiger partial charge in [-0.1, -0.05) is 0 Å². The van der Waals surface area contributed by atoms with Gasteiger partial charge in [0.2, 0.25) is 5.75 Å². The number of carbonyl (C=O) groups is 2. The molecule has 0 N–H and O–H groups in total. The van der Waals surface area contributed by atoms with E-state index >= 15 is 0 Å². The minimum Gasteiger partial charge on any atom is -0.465 e. The van der Waals surface area contributed by atoms with Crippen molar-refractivity contribution < 1.29 is 24.0 Å². The number of nitro groups is 1. The second kappa shape index (κ2) is 7.44. The topological polar surface area (TPSA) is 95.7 Å². The minimum absolute atomic E-state index is 0.000225. The first-order valence-corrected chi connectivity index (χ1v) is 6.16. The Morgan fingerprint density at radius 2 is 2.10 bits per heavy atom. The van der Waals surface area contributed by atoms with Crippen molar-refractivity contribution in [2.45, 2.75) is 12.8 Å². The largest absolute Gasteiger partial charge is 0.465 e. The molecular weight excluding hydrogens is 290 g/mol. The number of benzene rings is 1. The lowest BCUT2D eigenvalue weighted by atomic mass is 10.2. The normalized spacial score (nSPS) is 9.90. The maximum Gasteiger partial charge on any atom is 0.338 e. The molecule has 7 nitrogen and oxygen atoms in total. The maximum atomic E-state index is 11.4. The van der Waals surface area contributed by atoms with Crippen LogP contribution in [0.1, 0.15) is 23.2 Å². The summed E-state index contributed by atoms with van der Waals surface area (Å²) in [6.07, 6.45) is 0.466. The summed E-state index contributed by atoms with van der Waals surface area (Å²) in [5, 5.41) is 10.9. The molecular formula is C12H12ClNO6. The third-order valence-electron chi connectivity index (χ3n) is 2.32. The number of carbonyl (C=O) groups excluding carboxylic acids is 2. The first kappa shape index (κ1) is 15.9. The van der Waals surface area contributed by atoms with Crippen LogP contribution >= 0.6 is 11.6 Å².